The fraction of sp³-hybridized carbons (Fsp3) is 0.321. The first-order valence-electron chi connectivity index (χ1n) is 11.3. The lowest BCUT2D eigenvalue weighted by atomic mass is 9.83. The lowest BCUT2D eigenvalue weighted by molar-refractivity contribution is 0.0497. The Balaban J connectivity index is 1.80. The largest absolute Gasteiger partial charge is 0.444 e. The van der Waals surface area contributed by atoms with Crippen molar-refractivity contribution in [1.82, 2.24) is 10.6 Å². The Morgan fingerprint density at radius 1 is 0.812 bits per heavy atom. The van der Waals surface area contributed by atoms with Crippen molar-refractivity contribution >= 4 is 6.09 Å². The van der Waals surface area contributed by atoms with Gasteiger partial charge >= 0.3 is 6.09 Å². The molecule has 0 spiro atoms. The van der Waals surface area contributed by atoms with E-state index < -0.39 is 5.60 Å². The van der Waals surface area contributed by atoms with Crippen LogP contribution in [0.4, 0.5) is 4.79 Å². The number of benzene rings is 3. The first-order valence-corrected chi connectivity index (χ1v) is 11.3. The summed E-state index contributed by atoms with van der Waals surface area (Å²) in [7, 11) is 0. The van der Waals surface area contributed by atoms with Crippen molar-refractivity contribution in [2.75, 3.05) is 6.54 Å². The second-order valence-electron chi connectivity index (χ2n) is 9.00. The minimum atomic E-state index is -0.546. The van der Waals surface area contributed by atoms with Crippen molar-refractivity contribution in [2.24, 2.45) is 0 Å². The molecule has 1 atom stereocenters. The van der Waals surface area contributed by atoms with Gasteiger partial charge in [-0.25, -0.2) is 4.79 Å². The summed E-state index contributed by atoms with van der Waals surface area (Å²) in [6, 6.07) is 30.9. The molecule has 0 aliphatic heterocycles. The van der Waals surface area contributed by atoms with Crippen molar-refractivity contribution < 1.29 is 9.53 Å². The van der Waals surface area contributed by atoms with Crippen molar-refractivity contribution in [1.29, 1.82) is 0 Å². The first kappa shape index (κ1) is 23.6. The number of nitrogens with one attached hydrogen (secondary N) is 2. The molecule has 0 unspecified atom stereocenters. The summed E-state index contributed by atoms with van der Waals surface area (Å²) in [5, 5.41) is 6.69. The first-order chi connectivity index (χ1) is 15.4. The average molecular weight is 431 g/mol. The molecule has 0 radical (unpaired) electrons. The molecule has 0 aliphatic rings. The summed E-state index contributed by atoms with van der Waals surface area (Å²) < 4.78 is 5.60. The molecule has 0 fully saturated rings. The lowest BCUT2D eigenvalue weighted by Crippen LogP contribution is -2.44. The molecule has 0 bridgehead atoms. The molecule has 168 valence electrons. The smallest absolute Gasteiger partial charge is 0.407 e. The Kier molecular flexibility index (Phi) is 8.46. The van der Waals surface area contributed by atoms with Crippen LogP contribution in [0.25, 0.3) is 0 Å². The number of ether oxygens (including phenoxy) is 1. The third-order valence-corrected chi connectivity index (χ3v) is 5.23. The monoisotopic (exact) mass is 430 g/mol. The Hall–Kier alpha value is -3.11. The molecule has 0 saturated heterocycles. The molecule has 3 aromatic carbocycles. The summed E-state index contributed by atoms with van der Waals surface area (Å²) in [5.41, 5.74) is 3.03. The summed E-state index contributed by atoms with van der Waals surface area (Å²) in [6.45, 7) is 7.21. The van der Waals surface area contributed by atoms with E-state index in [0.29, 0.717) is 0 Å². The number of alkyl carbamates (subject to hydrolysis) is 1. The molecule has 0 aliphatic carbocycles. The molecular weight excluding hydrogens is 396 g/mol. The zero-order valence-electron chi connectivity index (χ0n) is 19.3. The maximum Gasteiger partial charge on any atom is 0.407 e. The number of hydrogen-bond donors (Lipinski definition) is 2. The minimum Gasteiger partial charge on any atom is -0.444 e. The van der Waals surface area contributed by atoms with E-state index in [2.05, 4.69) is 47.0 Å². The highest BCUT2D eigenvalue weighted by atomic mass is 16.6. The molecule has 0 aromatic heterocycles. The van der Waals surface area contributed by atoms with Crippen LogP contribution in [0.2, 0.25) is 0 Å². The van der Waals surface area contributed by atoms with Crippen LogP contribution in [0.5, 0.6) is 0 Å². The van der Waals surface area contributed by atoms with Crippen LogP contribution in [0.15, 0.2) is 91.0 Å². The standard InChI is InChI=1S/C28H34N2O2/c1-28(2,3)32-27(31)30-25(19-20-29-21-22-13-7-4-8-14-22)26(23-15-9-5-10-16-23)24-17-11-6-12-18-24/h4-18,25-26,29H,19-21H2,1-3H3,(H,30,31)/t25-/m0/s1. The molecule has 2 N–H and O–H groups in total. The summed E-state index contributed by atoms with van der Waals surface area (Å²) in [6.07, 6.45) is 0.378. The lowest BCUT2D eigenvalue weighted by Gasteiger charge is -2.30. The van der Waals surface area contributed by atoms with Gasteiger partial charge in [-0.3, -0.25) is 0 Å². The molecule has 0 saturated carbocycles. The van der Waals surface area contributed by atoms with Crippen LogP contribution >= 0.6 is 0 Å². The molecular formula is C28H34N2O2. The molecule has 3 aromatic rings. The predicted molar refractivity (Wildman–Crippen MR) is 131 cm³/mol. The Labute approximate surface area is 192 Å². The highest BCUT2D eigenvalue weighted by Crippen LogP contribution is 2.30. The Bertz CT molecular complexity index is 898. The fourth-order valence-corrected chi connectivity index (χ4v) is 3.85. The van der Waals surface area contributed by atoms with Crippen molar-refractivity contribution in [3.8, 4) is 0 Å². The van der Waals surface area contributed by atoms with Gasteiger partial charge in [-0.2, -0.15) is 0 Å². The van der Waals surface area contributed by atoms with Gasteiger partial charge in [0.2, 0.25) is 0 Å². The van der Waals surface area contributed by atoms with Gasteiger partial charge in [0, 0.05) is 18.5 Å². The minimum absolute atomic E-state index is 0.0171. The molecule has 4 nitrogen and oxygen atoms in total. The van der Waals surface area contributed by atoms with Gasteiger partial charge in [0.15, 0.2) is 0 Å². The van der Waals surface area contributed by atoms with Gasteiger partial charge in [0.1, 0.15) is 5.60 Å². The fourth-order valence-electron chi connectivity index (χ4n) is 3.85. The van der Waals surface area contributed by atoms with E-state index in [9.17, 15) is 4.79 Å². The number of amides is 1. The molecule has 4 heteroatoms. The van der Waals surface area contributed by atoms with Gasteiger partial charge < -0.3 is 15.4 Å². The van der Waals surface area contributed by atoms with Crippen LogP contribution in [0, 0.1) is 0 Å². The zero-order valence-corrected chi connectivity index (χ0v) is 19.3. The molecule has 0 heterocycles. The topological polar surface area (TPSA) is 50.4 Å². The van der Waals surface area contributed by atoms with Crippen LogP contribution < -0.4 is 10.6 Å². The van der Waals surface area contributed by atoms with E-state index in [1.165, 1.54) is 16.7 Å². The average Bonchev–Trinajstić information content (AvgIpc) is 2.77. The Morgan fingerprint density at radius 2 is 1.31 bits per heavy atom. The highest BCUT2D eigenvalue weighted by molar-refractivity contribution is 5.68. The molecule has 3 rings (SSSR count). The second-order valence-corrected chi connectivity index (χ2v) is 9.00. The number of carbonyl (C=O) groups excluding carboxylic acids is 1. The third kappa shape index (κ3) is 7.54. The van der Waals surface area contributed by atoms with Crippen LogP contribution in [-0.2, 0) is 11.3 Å². The van der Waals surface area contributed by atoms with Crippen molar-refractivity contribution in [3.05, 3.63) is 108 Å². The van der Waals surface area contributed by atoms with E-state index in [-0.39, 0.29) is 18.1 Å². The van der Waals surface area contributed by atoms with Gasteiger partial charge in [-0.15, -0.1) is 0 Å². The maximum atomic E-state index is 12.7. The van der Waals surface area contributed by atoms with Gasteiger partial charge in [-0.05, 0) is 50.4 Å². The number of rotatable bonds is 9. The number of hydrogen-bond acceptors (Lipinski definition) is 3. The summed E-state index contributed by atoms with van der Waals surface area (Å²) in [5.74, 6) is 0.0171. The third-order valence-electron chi connectivity index (χ3n) is 5.23. The van der Waals surface area contributed by atoms with Crippen molar-refractivity contribution in [3.63, 3.8) is 0 Å². The quantitative estimate of drug-likeness (QED) is 0.416. The summed E-state index contributed by atoms with van der Waals surface area (Å²) >= 11 is 0. The van der Waals surface area contributed by atoms with Crippen molar-refractivity contribution in [2.45, 2.75) is 51.3 Å². The maximum absolute atomic E-state index is 12.7. The van der Waals surface area contributed by atoms with E-state index in [1.807, 2.05) is 75.4 Å². The number of carbonyl (C=O) groups is 1. The normalized spacial score (nSPS) is 12.4. The van der Waals surface area contributed by atoms with Gasteiger partial charge in [0.05, 0.1) is 0 Å². The Morgan fingerprint density at radius 3 is 1.81 bits per heavy atom. The zero-order chi connectivity index (χ0) is 22.8. The molecule has 1 amide bonds. The van der Waals surface area contributed by atoms with E-state index in [4.69, 9.17) is 4.74 Å². The summed E-state index contributed by atoms with van der Waals surface area (Å²) in [4.78, 5) is 12.7. The second kappa shape index (κ2) is 11.5. The molecule has 32 heavy (non-hydrogen) atoms. The van der Waals surface area contributed by atoms with Gasteiger partial charge in [0.25, 0.3) is 0 Å². The van der Waals surface area contributed by atoms with E-state index in [0.717, 1.165) is 19.5 Å². The van der Waals surface area contributed by atoms with Crippen LogP contribution in [-0.4, -0.2) is 24.3 Å². The van der Waals surface area contributed by atoms with E-state index in [1.54, 1.807) is 0 Å². The SMILES string of the molecule is CC(C)(C)OC(=O)N[C@@H](CCNCc1ccccc1)C(c1ccccc1)c1ccccc1. The van der Waals surface area contributed by atoms with Crippen LogP contribution in [0.3, 0.4) is 0 Å². The van der Waals surface area contributed by atoms with Gasteiger partial charge in [-0.1, -0.05) is 91.0 Å². The predicted octanol–water partition coefficient (Wildman–Crippen LogP) is 5.89. The van der Waals surface area contributed by atoms with Crippen LogP contribution in [0.1, 0.15) is 49.8 Å². The van der Waals surface area contributed by atoms with E-state index >= 15 is 0 Å². The highest BCUT2D eigenvalue weighted by Gasteiger charge is 2.28.